The molecule has 0 fully saturated rings. The molecule has 108 valence electrons. The average molecular weight is 275 g/mol. The van der Waals surface area contributed by atoms with Crippen LogP contribution in [0.25, 0.3) is 0 Å². The van der Waals surface area contributed by atoms with Crippen LogP contribution in [0.4, 0.5) is 0 Å². The van der Waals surface area contributed by atoms with Crippen LogP contribution in [0.1, 0.15) is 37.7 Å². The van der Waals surface area contributed by atoms with Crippen molar-refractivity contribution in [3.63, 3.8) is 0 Å². The fourth-order valence-electron chi connectivity index (χ4n) is 2.14. The quantitative estimate of drug-likeness (QED) is 0.834. The van der Waals surface area contributed by atoms with Gasteiger partial charge in [-0.05, 0) is 25.1 Å². The SMILES string of the molecule is CCCn1nccc1C(NCC)c1ccc(OC)nn1. The summed E-state index contributed by atoms with van der Waals surface area (Å²) < 4.78 is 7.06. The van der Waals surface area contributed by atoms with Crippen LogP contribution < -0.4 is 10.1 Å². The Morgan fingerprint density at radius 1 is 1.25 bits per heavy atom. The van der Waals surface area contributed by atoms with Crippen LogP contribution in [0.3, 0.4) is 0 Å². The number of ether oxygens (including phenoxy) is 1. The molecule has 1 atom stereocenters. The van der Waals surface area contributed by atoms with E-state index in [2.05, 4.69) is 34.5 Å². The molecule has 0 spiro atoms. The Hall–Kier alpha value is -1.95. The van der Waals surface area contributed by atoms with E-state index in [1.807, 2.05) is 29.1 Å². The van der Waals surface area contributed by atoms with Crippen molar-refractivity contribution < 1.29 is 4.74 Å². The molecule has 0 amide bonds. The second-order valence-electron chi connectivity index (χ2n) is 4.47. The summed E-state index contributed by atoms with van der Waals surface area (Å²) in [6, 6.07) is 5.78. The van der Waals surface area contributed by atoms with Gasteiger partial charge in [0.25, 0.3) is 0 Å². The maximum absolute atomic E-state index is 5.05. The molecule has 2 rings (SSSR count). The summed E-state index contributed by atoms with van der Waals surface area (Å²) in [6.07, 6.45) is 2.87. The summed E-state index contributed by atoms with van der Waals surface area (Å²) in [5.74, 6) is 0.520. The van der Waals surface area contributed by atoms with Gasteiger partial charge in [0.1, 0.15) is 0 Å². The highest BCUT2D eigenvalue weighted by Gasteiger charge is 2.19. The van der Waals surface area contributed by atoms with E-state index in [-0.39, 0.29) is 6.04 Å². The predicted octanol–water partition coefficient (Wildman–Crippen LogP) is 1.79. The summed E-state index contributed by atoms with van der Waals surface area (Å²) in [6.45, 7) is 5.95. The van der Waals surface area contributed by atoms with E-state index in [0.717, 1.165) is 30.9 Å². The van der Waals surface area contributed by atoms with Crippen molar-refractivity contribution in [1.82, 2.24) is 25.3 Å². The van der Waals surface area contributed by atoms with Gasteiger partial charge < -0.3 is 10.1 Å². The lowest BCUT2D eigenvalue weighted by atomic mass is 10.1. The van der Waals surface area contributed by atoms with Crippen molar-refractivity contribution in [3.05, 3.63) is 35.8 Å². The molecule has 0 saturated carbocycles. The number of hydrogen-bond acceptors (Lipinski definition) is 5. The van der Waals surface area contributed by atoms with Gasteiger partial charge in [-0.2, -0.15) is 5.10 Å². The molecule has 1 unspecified atom stereocenters. The topological polar surface area (TPSA) is 64.9 Å². The Morgan fingerprint density at radius 3 is 2.70 bits per heavy atom. The second-order valence-corrected chi connectivity index (χ2v) is 4.47. The highest BCUT2D eigenvalue weighted by Crippen LogP contribution is 2.21. The third kappa shape index (κ3) is 3.14. The first kappa shape index (κ1) is 14.5. The van der Waals surface area contributed by atoms with Crippen molar-refractivity contribution in [3.8, 4) is 5.88 Å². The van der Waals surface area contributed by atoms with Gasteiger partial charge >= 0.3 is 0 Å². The standard InChI is InChI=1S/C14H21N5O/c1-4-10-19-12(8-9-16-19)14(15-5-2)11-6-7-13(20-3)18-17-11/h6-9,14-15H,4-5,10H2,1-3H3. The number of aryl methyl sites for hydroxylation is 1. The number of aromatic nitrogens is 4. The minimum atomic E-state index is -0.00699. The predicted molar refractivity (Wildman–Crippen MR) is 76.6 cm³/mol. The normalized spacial score (nSPS) is 12.3. The average Bonchev–Trinajstić information content (AvgIpc) is 2.93. The number of nitrogens with zero attached hydrogens (tertiary/aromatic N) is 4. The minimum absolute atomic E-state index is 0.00699. The van der Waals surface area contributed by atoms with E-state index >= 15 is 0 Å². The summed E-state index contributed by atoms with van der Waals surface area (Å²) in [7, 11) is 1.59. The molecular weight excluding hydrogens is 254 g/mol. The molecule has 0 aromatic carbocycles. The number of nitrogens with one attached hydrogen (secondary N) is 1. The van der Waals surface area contributed by atoms with Gasteiger partial charge in [0.15, 0.2) is 0 Å². The molecule has 0 aliphatic carbocycles. The van der Waals surface area contributed by atoms with Gasteiger partial charge in [-0.25, -0.2) is 0 Å². The smallest absolute Gasteiger partial charge is 0.233 e. The molecule has 0 aliphatic heterocycles. The molecule has 0 bridgehead atoms. The van der Waals surface area contributed by atoms with Gasteiger partial charge in [0, 0.05) is 18.8 Å². The van der Waals surface area contributed by atoms with E-state index in [1.54, 1.807) is 7.11 Å². The zero-order valence-electron chi connectivity index (χ0n) is 12.2. The third-order valence-electron chi connectivity index (χ3n) is 3.05. The van der Waals surface area contributed by atoms with E-state index < -0.39 is 0 Å². The molecule has 0 saturated heterocycles. The van der Waals surface area contributed by atoms with E-state index in [0.29, 0.717) is 5.88 Å². The highest BCUT2D eigenvalue weighted by molar-refractivity contribution is 5.23. The Bertz CT molecular complexity index is 523. The second kappa shape index (κ2) is 7.00. The lowest BCUT2D eigenvalue weighted by Gasteiger charge is -2.18. The molecular formula is C14H21N5O. The molecule has 1 N–H and O–H groups in total. The van der Waals surface area contributed by atoms with Crippen LogP contribution in [0.5, 0.6) is 5.88 Å². The van der Waals surface area contributed by atoms with Gasteiger partial charge in [0.05, 0.1) is 24.5 Å². The number of methoxy groups -OCH3 is 1. The first-order valence-corrected chi connectivity index (χ1v) is 6.92. The van der Waals surface area contributed by atoms with E-state index in [9.17, 15) is 0 Å². The first-order chi connectivity index (χ1) is 9.80. The molecule has 2 aromatic rings. The molecule has 6 heteroatoms. The van der Waals surface area contributed by atoms with Crippen LogP contribution in [-0.2, 0) is 6.54 Å². The van der Waals surface area contributed by atoms with Crippen molar-refractivity contribution in [1.29, 1.82) is 0 Å². The van der Waals surface area contributed by atoms with Crippen LogP contribution in [0.2, 0.25) is 0 Å². The largest absolute Gasteiger partial charge is 0.480 e. The lowest BCUT2D eigenvalue weighted by Crippen LogP contribution is -2.26. The van der Waals surface area contributed by atoms with Crippen LogP contribution in [0, 0.1) is 0 Å². The summed E-state index contributed by atoms with van der Waals surface area (Å²) in [5.41, 5.74) is 1.97. The Kier molecular flexibility index (Phi) is 5.06. The fraction of sp³-hybridized carbons (Fsp3) is 0.500. The van der Waals surface area contributed by atoms with Gasteiger partial charge in [-0.1, -0.05) is 13.8 Å². The minimum Gasteiger partial charge on any atom is -0.480 e. The Labute approximate surface area is 119 Å². The molecule has 6 nitrogen and oxygen atoms in total. The van der Waals surface area contributed by atoms with E-state index in [4.69, 9.17) is 4.74 Å². The lowest BCUT2D eigenvalue weighted by molar-refractivity contribution is 0.389. The summed E-state index contributed by atoms with van der Waals surface area (Å²) >= 11 is 0. The van der Waals surface area contributed by atoms with Crippen LogP contribution in [0.15, 0.2) is 24.4 Å². The van der Waals surface area contributed by atoms with Crippen LogP contribution in [-0.4, -0.2) is 33.6 Å². The molecule has 0 radical (unpaired) electrons. The Morgan fingerprint density at radius 2 is 2.10 bits per heavy atom. The van der Waals surface area contributed by atoms with Gasteiger partial charge in [-0.3, -0.25) is 4.68 Å². The first-order valence-electron chi connectivity index (χ1n) is 6.92. The van der Waals surface area contributed by atoms with Crippen molar-refractivity contribution in [2.75, 3.05) is 13.7 Å². The van der Waals surface area contributed by atoms with Crippen molar-refractivity contribution >= 4 is 0 Å². The molecule has 2 aromatic heterocycles. The highest BCUT2D eigenvalue weighted by atomic mass is 16.5. The number of hydrogen-bond donors (Lipinski definition) is 1. The maximum Gasteiger partial charge on any atom is 0.233 e. The fourth-order valence-corrected chi connectivity index (χ4v) is 2.14. The molecule has 20 heavy (non-hydrogen) atoms. The van der Waals surface area contributed by atoms with Crippen molar-refractivity contribution in [2.24, 2.45) is 0 Å². The monoisotopic (exact) mass is 275 g/mol. The van der Waals surface area contributed by atoms with Crippen LogP contribution >= 0.6 is 0 Å². The Balaban J connectivity index is 2.31. The zero-order valence-corrected chi connectivity index (χ0v) is 12.2. The zero-order chi connectivity index (χ0) is 14.4. The number of rotatable bonds is 7. The van der Waals surface area contributed by atoms with E-state index in [1.165, 1.54) is 0 Å². The van der Waals surface area contributed by atoms with Gasteiger partial charge in [-0.15, -0.1) is 10.2 Å². The van der Waals surface area contributed by atoms with Crippen molar-refractivity contribution in [2.45, 2.75) is 32.9 Å². The molecule has 0 aliphatic rings. The molecule has 2 heterocycles. The summed E-state index contributed by atoms with van der Waals surface area (Å²) in [4.78, 5) is 0. The maximum atomic E-state index is 5.05. The summed E-state index contributed by atoms with van der Waals surface area (Å²) in [5, 5.41) is 16.1. The third-order valence-corrected chi connectivity index (χ3v) is 3.05. The van der Waals surface area contributed by atoms with Gasteiger partial charge in [0.2, 0.25) is 5.88 Å².